The molecule has 1 N–H and O–H groups in total. The highest BCUT2D eigenvalue weighted by atomic mass is 35.5. The zero-order valence-corrected chi connectivity index (χ0v) is 17.3. The van der Waals surface area contributed by atoms with E-state index in [1.807, 2.05) is 13.8 Å². The Morgan fingerprint density at radius 2 is 1.96 bits per heavy atom. The van der Waals surface area contributed by atoms with Gasteiger partial charge in [0, 0.05) is 12.2 Å². The lowest BCUT2D eigenvalue weighted by Gasteiger charge is -2.29. The molecule has 0 saturated heterocycles. The fourth-order valence-electron chi connectivity index (χ4n) is 3.11. The summed E-state index contributed by atoms with van der Waals surface area (Å²) in [6.45, 7) is 8.77. The van der Waals surface area contributed by atoms with E-state index >= 15 is 0 Å². The Morgan fingerprint density at radius 1 is 1.25 bits per heavy atom. The summed E-state index contributed by atoms with van der Waals surface area (Å²) < 4.78 is 5.91. The van der Waals surface area contributed by atoms with Crippen molar-refractivity contribution < 1.29 is 14.3 Å². The molecule has 0 bridgehead atoms. The first-order valence-electron chi connectivity index (χ1n) is 9.34. The number of carbonyl (C=O) groups excluding carboxylic acids is 2. The molecule has 0 aliphatic carbocycles. The van der Waals surface area contributed by atoms with Gasteiger partial charge in [0.25, 0.3) is 5.91 Å². The van der Waals surface area contributed by atoms with Crippen LogP contribution in [0.2, 0.25) is 5.02 Å². The zero-order valence-electron chi connectivity index (χ0n) is 16.6. The molecule has 3 rings (SSSR count). The van der Waals surface area contributed by atoms with Crippen LogP contribution in [-0.2, 0) is 4.79 Å². The highest BCUT2D eigenvalue weighted by Crippen LogP contribution is 2.38. The number of hydrogen-bond acceptors (Lipinski definition) is 3. The maximum Gasteiger partial charge on any atom is 0.257 e. The molecule has 6 heteroatoms. The van der Waals surface area contributed by atoms with E-state index in [0.717, 1.165) is 0 Å². The van der Waals surface area contributed by atoms with Crippen molar-refractivity contribution in [3.8, 4) is 5.75 Å². The van der Waals surface area contributed by atoms with Gasteiger partial charge in [0.1, 0.15) is 12.4 Å². The van der Waals surface area contributed by atoms with Crippen molar-refractivity contribution in [1.29, 1.82) is 0 Å². The van der Waals surface area contributed by atoms with E-state index in [-0.39, 0.29) is 17.7 Å². The first-order valence-corrected chi connectivity index (χ1v) is 9.71. The molecular weight excluding hydrogens is 376 g/mol. The fourth-order valence-corrected chi connectivity index (χ4v) is 3.33. The number of nitrogens with one attached hydrogen (secondary N) is 1. The first kappa shape index (κ1) is 20.2. The molecule has 0 fully saturated rings. The number of anilines is 2. The van der Waals surface area contributed by atoms with Gasteiger partial charge < -0.3 is 15.0 Å². The Morgan fingerprint density at radius 3 is 2.64 bits per heavy atom. The molecular formula is C22H25ClN2O3. The van der Waals surface area contributed by atoms with Crippen LogP contribution < -0.4 is 15.0 Å². The van der Waals surface area contributed by atoms with Gasteiger partial charge in [0.2, 0.25) is 5.91 Å². The molecule has 148 valence electrons. The molecule has 2 aromatic rings. The van der Waals surface area contributed by atoms with Gasteiger partial charge in [-0.1, -0.05) is 37.6 Å². The molecule has 0 aromatic heterocycles. The number of amides is 2. The number of halogens is 1. The van der Waals surface area contributed by atoms with Gasteiger partial charge in [0.15, 0.2) is 0 Å². The lowest BCUT2D eigenvalue weighted by atomic mass is 9.92. The molecule has 0 atom stereocenters. The molecule has 5 nitrogen and oxygen atoms in total. The van der Waals surface area contributed by atoms with Gasteiger partial charge in [-0.05, 0) is 50.1 Å². The highest BCUT2D eigenvalue weighted by Gasteiger charge is 2.38. The van der Waals surface area contributed by atoms with E-state index in [1.165, 1.54) is 0 Å². The molecule has 0 saturated carbocycles. The van der Waals surface area contributed by atoms with Gasteiger partial charge in [-0.2, -0.15) is 0 Å². The van der Waals surface area contributed by atoms with E-state index in [9.17, 15) is 9.59 Å². The third kappa shape index (κ3) is 4.14. The summed E-state index contributed by atoms with van der Waals surface area (Å²) in [6, 6.07) is 12.2. The van der Waals surface area contributed by atoms with Crippen LogP contribution in [0.15, 0.2) is 42.5 Å². The smallest absolute Gasteiger partial charge is 0.257 e. The molecule has 28 heavy (non-hydrogen) atoms. The number of ether oxygens (including phenoxy) is 1. The predicted molar refractivity (Wildman–Crippen MR) is 112 cm³/mol. The Hall–Kier alpha value is -2.53. The van der Waals surface area contributed by atoms with Gasteiger partial charge in [-0.25, -0.2) is 0 Å². The first-order chi connectivity index (χ1) is 13.2. The lowest BCUT2D eigenvalue weighted by molar-refractivity contribution is -0.127. The standard InChI is InChI=1S/C22H25ClN2O3/c1-14(2)12-25-18-11-15(24-20(26)16-7-5-6-8-17(16)23)9-10-19(18)28-13-22(3,4)21(25)27/h5-11,14H,12-13H2,1-4H3,(H,24,26). The van der Waals surface area contributed by atoms with Crippen LogP contribution in [0.3, 0.4) is 0 Å². The van der Waals surface area contributed by atoms with E-state index in [2.05, 4.69) is 19.2 Å². The van der Waals surface area contributed by atoms with Gasteiger partial charge in [-0.3, -0.25) is 9.59 Å². The summed E-state index contributed by atoms with van der Waals surface area (Å²) in [5.74, 6) is 0.624. The number of fused-ring (bicyclic) bond motifs is 1. The number of hydrogen-bond donors (Lipinski definition) is 1. The predicted octanol–water partition coefficient (Wildman–Crippen LogP) is 5.00. The average Bonchev–Trinajstić information content (AvgIpc) is 2.72. The van der Waals surface area contributed by atoms with Crippen LogP contribution in [0.4, 0.5) is 11.4 Å². The number of rotatable bonds is 4. The maximum atomic E-state index is 13.1. The van der Waals surface area contributed by atoms with Crippen molar-refractivity contribution in [1.82, 2.24) is 0 Å². The number of carbonyl (C=O) groups is 2. The largest absolute Gasteiger partial charge is 0.490 e. The minimum atomic E-state index is -0.630. The zero-order chi connectivity index (χ0) is 20.5. The Bertz CT molecular complexity index is 908. The summed E-state index contributed by atoms with van der Waals surface area (Å²) in [4.78, 5) is 27.5. The number of benzene rings is 2. The van der Waals surface area contributed by atoms with Crippen LogP contribution in [0, 0.1) is 11.3 Å². The summed E-state index contributed by atoms with van der Waals surface area (Å²) in [5.41, 5.74) is 1.01. The summed E-state index contributed by atoms with van der Waals surface area (Å²) in [5, 5.41) is 3.25. The van der Waals surface area contributed by atoms with Crippen molar-refractivity contribution in [2.24, 2.45) is 11.3 Å². The molecule has 0 unspecified atom stereocenters. The van der Waals surface area contributed by atoms with E-state index in [4.69, 9.17) is 16.3 Å². The molecule has 0 spiro atoms. The van der Waals surface area contributed by atoms with Crippen molar-refractivity contribution in [3.05, 3.63) is 53.1 Å². The van der Waals surface area contributed by atoms with Crippen LogP contribution in [0.5, 0.6) is 5.75 Å². The van der Waals surface area contributed by atoms with E-state index < -0.39 is 5.41 Å². The second kappa shape index (κ2) is 7.84. The van der Waals surface area contributed by atoms with Crippen LogP contribution >= 0.6 is 11.6 Å². The molecule has 2 aromatic carbocycles. The van der Waals surface area contributed by atoms with E-state index in [1.54, 1.807) is 47.4 Å². The van der Waals surface area contributed by atoms with Crippen molar-refractivity contribution in [3.63, 3.8) is 0 Å². The second-order valence-electron chi connectivity index (χ2n) is 8.10. The van der Waals surface area contributed by atoms with E-state index in [0.29, 0.717) is 40.9 Å². The monoisotopic (exact) mass is 400 g/mol. The van der Waals surface area contributed by atoms with Gasteiger partial charge in [-0.15, -0.1) is 0 Å². The van der Waals surface area contributed by atoms with Crippen LogP contribution in [-0.4, -0.2) is 25.0 Å². The normalized spacial score (nSPS) is 15.6. The fraction of sp³-hybridized carbons (Fsp3) is 0.364. The Labute approximate surface area is 170 Å². The second-order valence-corrected chi connectivity index (χ2v) is 8.51. The molecule has 0 radical (unpaired) electrons. The van der Waals surface area contributed by atoms with Crippen LogP contribution in [0.1, 0.15) is 38.1 Å². The van der Waals surface area contributed by atoms with Crippen molar-refractivity contribution >= 4 is 34.8 Å². The molecule has 1 heterocycles. The highest BCUT2D eigenvalue weighted by molar-refractivity contribution is 6.34. The third-order valence-corrected chi connectivity index (χ3v) is 4.92. The number of nitrogens with zero attached hydrogens (tertiary/aromatic N) is 1. The quantitative estimate of drug-likeness (QED) is 0.785. The Kier molecular flexibility index (Phi) is 5.66. The minimum absolute atomic E-state index is 0.00882. The summed E-state index contributed by atoms with van der Waals surface area (Å²) in [6.07, 6.45) is 0. The lowest BCUT2D eigenvalue weighted by Crippen LogP contribution is -2.43. The average molecular weight is 401 g/mol. The molecule has 1 aliphatic rings. The van der Waals surface area contributed by atoms with Crippen molar-refractivity contribution in [2.75, 3.05) is 23.4 Å². The SMILES string of the molecule is CC(C)CN1C(=O)C(C)(C)COc2ccc(NC(=O)c3ccccc3Cl)cc21. The maximum absolute atomic E-state index is 13.1. The minimum Gasteiger partial charge on any atom is -0.490 e. The topological polar surface area (TPSA) is 58.6 Å². The molecule has 1 aliphatic heterocycles. The van der Waals surface area contributed by atoms with Gasteiger partial charge >= 0.3 is 0 Å². The molecule has 2 amide bonds. The summed E-state index contributed by atoms with van der Waals surface area (Å²) >= 11 is 6.12. The van der Waals surface area contributed by atoms with Crippen molar-refractivity contribution in [2.45, 2.75) is 27.7 Å². The summed E-state index contributed by atoms with van der Waals surface area (Å²) in [7, 11) is 0. The third-order valence-electron chi connectivity index (χ3n) is 4.59. The Balaban J connectivity index is 1.95. The van der Waals surface area contributed by atoms with Crippen LogP contribution in [0.25, 0.3) is 0 Å². The van der Waals surface area contributed by atoms with Gasteiger partial charge in [0.05, 0.1) is 21.7 Å².